The number of rotatable bonds is 4. The van der Waals surface area contributed by atoms with Crippen molar-refractivity contribution >= 4 is 33.0 Å². The third-order valence-corrected chi connectivity index (χ3v) is 6.57. The highest BCUT2D eigenvalue weighted by Gasteiger charge is 2.27. The molecule has 2 aromatic carbocycles. The van der Waals surface area contributed by atoms with Crippen molar-refractivity contribution in [3.63, 3.8) is 0 Å². The van der Waals surface area contributed by atoms with E-state index in [9.17, 15) is 4.39 Å². The van der Waals surface area contributed by atoms with Gasteiger partial charge in [-0.25, -0.2) is 4.39 Å². The highest BCUT2D eigenvalue weighted by Crippen LogP contribution is 2.45. The number of alkyl halides is 1. The molecule has 3 nitrogen and oxygen atoms in total. The minimum atomic E-state index is -0.470. The van der Waals surface area contributed by atoms with Crippen LogP contribution in [0.2, 0.25) is 5.02 Å². The van der Waals surface area contributed by atoms with Crippen LogP contribution >= 0.6 is 22.9 Å². The molecule has 0 bridgehead atoms. The van der Waals surface area contributed by atoms with Crippen molar-refractivity contribution in [2.75, 3.05) is 20.8 Å². The van der Waals surface area contributed by atoms with Crippen molar-refractivity contribution in [1.29, 1.82) is 0 Å². The Morgan fingerprint density at radius 3 is 2.69 bits per heavy atom. The van der Waals surface area contributed by atoms with Gasteiger partial charge in [0.05, 0.1) is 25.3 Å². The molecule has 0 saturated heterocycles. The molecule has 1 aliphatic rings. The lowest BCUT2D eigenvalue weighted by atomic mass is 9.92. The fourth-order valence-electron chi connectivity index (χ4n) is 3.51. The van der Waals surface area contributed by atoms with Crippen molar-refractivity contribution in [3.05, 3.63) is 56.9 Å². The van der Waals surface area contributed by atoms with Crippen LogP contribution in [-0.2, 0) is 13.1 Å². The first kappa shape index (κ1) is 17.6. The van der Waals surface area contributed by atoms with Crippen molar-refractivity contribution in [3.8, 4) is 11.5 Å². The van der Waals surface area contributed by atoms with E-state index in [-0.39, 0.29) is 6.04 Å². The molecule has 0 saturated carbocycles. The van der Waals surface area contributed by atoms with Crippen LogP contribution in [0.25, 0.3) is 10.1 Å². The summed E-state index contributed by atoms with van der Waals surface area (Å²) in [6, 6.07) is 9.64. The number of nitrogens with one attached hydrogen (secondary N) is 1. The zero-order chi connectivity index (χ0) is 18.3. The van der Waals surface area contributed by atoms with Gasteiger partial charge in [-0.3, -0.25) is 0 Å². The maximum absolute atomic E-state index is 13.0. The second-order valence-electron chi connectivity index (χ2n) is 6.29. The fourth-order valence-corrected chi connectivity index (χ4v) is 5.22. The van der Waals surface area contributed by atoms with Gasteiger partial charge in [-0.1, -0.05) is 23.7 Å². The molecule has 0 fully saturated rings. The summed E-state index contributed by atoms with van der Waals surface area (Å²) in [7, 11) is 3.29. The average molecular weight is 392 g/mol. The molecule has 1 N–H and O–H groups in total. The number of benzene rings is 2. The quantitative estimate of drug-likeness (QED) is 0.656. The first-order valence-corrected chi connectivity index (χ1v) is 9.60. The lowest BCUT2D eigenvalue weighted by Gasteiger charge is -2.27. The summed E-state index contributed by atoms with van der Waals surface area (Å²) in [5, 5.41) is 5.27. The number of halogens is 2. The monoisotopic (exact) mass is 391 g/mol. The van der Waals surface area contributed by atoms with Crippen molar-refractivity contribution < 1.29 is 13.9 Å². The molecule has 4 rings (SSSR count). The summed E-state index contributed by atoms with van der Waals surface area (Å²) in [6.07, 6.45) is 0.917. The fraction of sp³-hybridized carbons (Fsp3) is 0.300. The SMILES string of the molecule is COc1cc2c(cc1OC)C(c1sc3cc(CF)ccc3c1Cl)NCC2. The van der Waals surface area contributed by atoms with E-state index in [1.807, 2.05) is 24.3 Å². The molecule has 3 aromatic rings. The second-order valence-corrected chi connectivity index (χ2v) is 7.75. The third kappa shape index (κ3) is 2.84. The summed E-state index contributed by atoms with van der Waals surface area (Å²) in [6.45, 7) is 0.385. The lowest BCUT2D eigenvalue weighted by Crippen LogP contribution is -2.30. The number of hydrogen-bond acceptors (Lipinski definition) is 4. The maximum Gasteiger partial charge on any atom is 0.161 e. The van der Waals surface area contributed by atoms with Crippen LogP contribution < -0.4 is 14.8 Å². The summed E-state index contributed by atoms with van der Waals surface area (Å²) < 4.78 is 24.9. The van der Waals surface area contributed by atoms with Crippen LogP contribution in [0, 0.1) is 0 Å². The number of hydrogen-bond donors (Lipinski definition) is 1. The largest absolute Gasteiger partial charge is 0.493 e. The maximum atomic E-state index is 13.0. The van der Waals surface area contributed by atoms with E-state index in [1.54, 1.807) is 31.6 Å². The van der Waals surface area contributed by atoms with Gasteiger partial charge in [0, 0.05) is 21.5 Å². The Morgan fingerprint density at radius 2 is 1.96 bits per heavy atom. The van der Waals surface area contributed by atoms with Crippen molar-refractivity contribution in [2.24, 2.45) is 0 Å². The zero-order valence-corrected chi connectivity index (χ0v) is 16.1. The Labute approximate surface area is 160 Å². The van der Waals surface area contributed by atoms with Gasteiger partial charge in [-0.15, -0.1) is 11.3 Å². The van der Waals surface area contributed by atoms with Crippen LogP contribution in [-0.4, -0.2) is 20.8 Å². The molecule has 1 unspecified atom stereocenters. The lowest BCUT2D eigenvalue weighted by molar-refractivity contribution is 0.353. The summed E-state index contributed by atoms with van der Waals surface area (Å²) in [5.41, 5.74) is 3.04. The van der Waals surface area contributed by atoms with Gasteiger partial charge < -0.3 is 14.8 Å². The topological polar surface area (TPSA) is 30.5 Å². The number of methoxy groups -OCH3 is 2. The minimum absolute atomic E-state index is 0.0164. The van der Waals surface area contributed by atoms with E-state index in [0.29, 0.717) is 11.3 Å². The number of thiophene rings is 1. The van der Waals surface area contributed by atoms with Gasteiger partial charge in [0.25, 0.3) is 0 Å². The van der Waals surface area contributed by atoms with Gasteiger partial charge in [-0.2, -0.15) is 0 Å². The minimum Gasteiger partial charge on any atom is -0.493 e. The Bertz CT molecular complexity index is 972. The molecular weight excluding hydrogens is 373 g/mol. The van der Waals surface area contributed by atoms with Crippen LogP contribution in [0.15, 0.2) is 30.3 Å². The molecule has 136 valence electrons. The molecular formula is C20H19ClFNO2S. The first-order valence-electron chi connectivity index (χ1n) is 8.41. The molecule has 0 amide bonds. The molecule has 1 aliphatic heterocycles. The Morgan fingerprint density at radius 1 is 1.19 bits per heavy atom. The molecule has 26 heavy (non-hydrogen) atoms. The molecule has 1 aromatic heterocycles. The Kier molecular flexibility index (Phi) is 4.78. The van der Waals surface area contributed by atoms with Crippen LogP contribution in [0.1, 0.15) is 27.6 Å². The summed E-state index contributed by atoms with van der Waals surface area (Å²) >= 11 is 8.32. The van der Waals surface area contributed by atoms with Crippen molar-refractivity contribution in [1.82, 2.24) is 5.32 Å². The van der Waals surface area contributed by atoms with E-state index in [4.69, 9.17) is 21.1 Å². The molecule has 2 heterocycles. The van der Waals surface area contributed by atoms with E-state index >= 15 is 0 Å². The predicted molar refractivity (Wildman–Crippen MR) is 105 cm³/mol. The van der Waals surface area contributed by atoms with Crippen molar-refractivity contribution in [2.45, 2.75) is 19.1 Å². The van der Waals surface area contributed by atoms with Crippen LogP contribution in [0.3, 0.4) is 0 Å². The number of ether oxygens (including phenoxy) is 2. The van der Waals surface area contributed by atoms with E-state index in [0.717, 1.165) is 44.3 Å². The Balaban J connectivity index is 1.85. The van der Waals surface area contributed by atoms with Gasteiger partial charge in [0.15, 0.2) is 11.5 Å². The predicted octanol–water partition coefficient (Wildman–Crippen LogP) is 5.28. The van der Waals surface area contributed by atoms with Gasteiger partial charge in [-0.05, 0) is 41.3 Å². The molecule has 0 aliphatic carbocycles. The van der Waals surface area contributed by atoms with Gasteiger partial charge in [0.2, 0.25) is 0 Å². The Hall–Kier alpha value is -1.82. The third-order valence-electron chi connectivity index (χ3n) is 4.83. The molecule has 0 spiro atoms. The second kappa shape index (κ2) is 7.06. The normalized spacial score (nSPS) is 16.5. The molecule has 0 radical (unpaired) electrons. The van der Waals surface area contributed by atoms with E-state index in [1.165, 1.54) is 5.56 Å². The smallest absolute Gasteiger partial charge is 0.161 e. The number of fused-ring (bicyclic) bond motifs is 2. The van der Waals surface area contributed by atoms with Gasteiger partial charge >= 0.3 is 0 Å². The van der Waals surface area contributed by atoms with E-state index < -0.39 is 6.67 Å². The molecule has 1 atom stereocenters. The summed E-state index contributed by atoms with van der Waals surface area (Å²) in [4.78, 5) is 1.05. The highest BCUT2D eigenvalue weighted by atomic mass is 35.5. The zero-order valence-electron chi connectivity index (χ0n) is 14.6. The van der Waals surface area contributed by atoms with Gasteiger partial charge in [0.1, 0.15) is 6.67 Å². The average Bonchev–Trinajstić information content (AvgIpc) is 3.01. The summed E-state index contributed by atoms with van der Waals surface area (Å²) in [5.74, 6) is 1.44. The molecule has 6 heteroatoms. The van der Waals surface area contributed by atoms with Crippen LogP contribution in [0.4, 0.5) is 4.39 Å². The standard InChI is InChI=1S/C20H19ClFNO2S/c1-24-15-8-12-5-6-23-19(14(12)9-16(15)25-2)20-18(21)13-4-3-11(10-22)7-17(13)26-20/h3-4,7-9,19,23H,5-6,10H2,1-2H3. The van der Waals surface area contributed by atoms with Crippen LogP contribution in [0.5, 0.6) is 11.5 Å². The van der Waals surface area contributed by atoms with E-state index in [2.05, 4.69) is 5.32 Å². The first-order chi connectivity index (χ1) is 12.7. The highest BCUT2D eigenvalue weighted by molar-refractivity contribution is 7.20.